The fourth-order valence-electron chi connectivity index (χ4n) is 3.30. The lowest BCUT2D eigenvalue weighted by molar-refractivity contribution is -0.118. The highest BCUT2D eigenvalue weighted by Gasteiger charge is 2.18. The van der Waals surface area contributed by atoms with Crippen LogP contribution in [0.4, 0.5) is 5.69 Å². The van der Waals surface area contributed by atoms with Gasteiger partial charge in [-0.15, -0.1) is 0 Å². The lowest BCUT2D eigenvalue weighted by Crippen LogP contribution is -2.21. The van der Waals surface area contributed by atoms with E-state index in [0.29, 0.717) is 12.3 Å². The molecular weight excluding hydrogens is 386 g/mol. The van der Waals surface area contributed by atoms with Crippen molar-refractivity contribution in [2.24, 2.45) is 0 Å². The van der Waals surface area contributed by atoms with E-state index in [1.54, 1.807) is 0 Å². The Balaban J connectivity index is 1.43. The van der Waals surface area contributed by atoms with E-state index < -0.39 is 0 Å². The first-order valence-electron chi connectivity index (χ1n) is 10.7. The van der Waals surface area contributed by atoms with Crippen molar-refractivity contribution < 1.29 is 14.3 Å². The molecule has 0 radical (unpaired) electrons. The van der Waals surface area contributed by atoms with E-state index in [0.717, 1.165) is 29.9 Å². The summed E-state index contributed by atoms with van der Waals surface area (Å²) in [5.74, 6) is 1.34. The van der Waals surface area contributed by atoms with Crippen molar-refractivity contribution in [3.05, 3.63) is 90.0 Å². The summed E-state index contributed by atoms with van der Waals surface area (Å²) in [5, 5.41) is 2.87. The van der Waals surface area contributed by atoms with Crippen molar-refractivity contribution in [3.63, 3.8) is 0 Å². The molecule has 0 saturated carbocycles. The van der Waals surface area contributed by atoms with Gasteiger partial charge in [0.15, 0.2) is 6.61 Å². The lowest BCUT2D eigenvalue weighted by Gasteiger charge is -2.22. The summed E-state index contributed by atoms with van der Waals surface area (Å²) in [6.07, 6.45) is 1.95. The first-order valence-corrected chi connectivity index (χ1v) is 10.7. The van der Waals surface area contributed by atoms with Gasteiger partial charge in [-0.25, -0.2) is 0 Å². The Morgan fingerprint density at radius 3 is 2.23 bits per heavy atom. The number of ether oxygens (including phenoxy) is 2. The minimum atomic E-state index is -0.194. The van der Waals surface area contributed by atoms with Crippen LogP contribution in [0.25, 0.3) is 0 Å². The number of nitrogens with one attached hydrogen (secondary N) is 1. The van der Waals surface area contributed by atoms with Crippen molar-refractivity contribution in [3.8, 4) is 11.5 Å². The largest absolute Gasteiger partial charge is 0.494 e. The Morgan fingerprint density at radius 2 is 1.52 bits per heavy atom. The van der Waals surface area contributed by atoms with E-state index in [-0.39, 0.29) is 17.9 Å². The number of anilines is 1. The molecule has 0 aliphatic carbocycles. The SMILES string of the molecule is CC(C)(C)c1ccccc1OCC(=O)Nc1ccc(OCCCc2ccccc2)cc1. The molecule has 3 rings (SSSR count). The number of benzene rings is 3. The summed E-state index contributed by atoms with van der Waals surface area (Å²) >= 11 is 0. The van der Waals surface area contributed by atoms with Crippen molar-refractivity contribution in [1.29, 1.82) is 0 Å². The summed E-state index contributed by atoms with van der Waals surface area (Å²) in [7, 11) is 0. The zero-order chi connectivity index (χ0) is 22.1. The second-order valence-electron chi connectivity index (χ2n) is 8.55. The third kappa shape index (κ3) is 7.18. The molecule has 0 unspecified atom stereocenters. The summed E-state index contributed by atoms with van der Waals surface area (Å²) < 4.78 is 11.6. The Labute approximate surface area is 185 Å². The van der Waals surface area contributed by atoms with Gasteiger partial charge in [0.25, 0.3) is 5.91 Å². The molecule has 3 aromatic carbocycles. The van der Waals surface area contributed by atoms with Gasteiger partial charge >= 0.3 is 0 Å². The molecule has 0 aliphatic rings. The first kappa shape index (κ1) is 22.4. The predicted molar refractivity (Wildman–Crippen MR) is 126 cm³/mol. The molecule has 0 bridgehead atoms. The van der Waals surface area contributed by atoms with Gasteiger partial charge in [-0.2, -0.15) is 0 Å². The Hall–Kier alpha value is -3.27. The van der Waals surface area contributed by atoms with Crippen LogP contribution >= 0.6 is 0 Å². The van der Waals surface area contributed by atoms with Crippen LogP contribution in [0, 0.1) is 0 Å². The highest BCUT2D eigenvalue weighted by Crippen LogP contribution is 2.30. The van der Waals surface area contributed by atoms with Gasteiger partial charge in [-0.1, -0.05) is 69.3 Å². The van der Waals surface area contributed by atoms with Gasteiger partial charge in [-0.05, 0) is 59.7 Å². The van der Waals surface area contributed by atoms with Crippen LogP contribution in [-0.2, 0) is 16.6 Å². The number of para-hydroxylation sites is 1. The molecule has 162 valence electrons. The fraction of sp³-hybridized carbons (Fsp3) is 0.296. The Morgan fingerprint density at radius 1 is 0.839 bits per heavy atom. The highest BCUT2D eigenvalue weighted by atomic mass is 16.5. The van der Waals surface area contributed by atoms with Crippen molar-refractivity contribution in [1.82, 2.24) is 0 Å². The summed E-state index contributed by atoms with van der Waals surface area (Å²) in [5.41, 5.74) is 3.06. The number of rotatable bonds is 9. The minimum absolute atomic E-state index is 0.0369. The number of amides is 1. The smallest absolute Gasteiger partial charge is 0.262 e. The van der Waals surface area contributed by atoms with E-state index in [4.69, 9.17) is 9.47 Å². The molecule has 1 amide bonds. The molecule has 4 nitrogen and oxygen atoms in total. The van der Waals surface area contributed by atoms with Crippen LogP contribution in [0.3, 0.4) is 0 Å². The molecule has 4 heteroatoms. The molecule has 0 aromatic heterocycles. The molecule has 0 heterocycles. The predicted octanol–water partition coefficient (Wildman–Crippen LogP) is 6.01. The average Bonchev–Trinajstić information content (AvgIpc) is 2.77. The van der Waals surface area contributed by atoms with Crippen molar-refractivity contribution >= 4 is 11.6 Å². The average molecular weight is 418 g/mol. The molecular formula is C27H31NO3. The van der Waals surface area contributed by atoms with Gasteiger partial charge in [-0.3, -0.25) is 4.79 Å². The lowest BCUT2D eigenvalue weighted by atomic mass is 9.86. The van der Waals surface area contributed by atoms with Crippen LogP contribution in [0.2, 0.25) is 0 Å². The topological polar surface area (TPSA) is 47.6 Å². The zero-order valence-corrected chi connectivity index (χ0v) is 18.6. The maximum atomic E-state index is 12.3. The normalized spacial score (nSPS) is 11.1. The number of carbonyl (C=O) groups excluding carboxylic acids is 1. The van der Waals surface area contributed by atoms with E-state index in [1.165, 1.54) is 5.56 Å². The summed E-state index contributed by atoms with van der Waals surface area (Å²) in [6, 6.07) is 25.6. The van der Waals surface area contributed by atoms with Gasteiger partial charge in [0.1, 0.15) is 11.5 Å². The molecule has 0 aliphatic heterocycles. The van der Waals surface area contributed by atoms with Gasteiger partial charge < -0.3 is 14.8 Å². The van der Waals surface area contributed by atoms with Crippen molar-refractivity contribution in [2.45, 2.75) is 39.0 Å². The minimum Gasteiger partial charge on any atom is -0.494 e. The molecule has 0 fully saturated rings. The molecule has 0 atom stereocenters. The summed E-state index contributed by atoms with van der Waals surface area (Å²) in [6.45, 7) is 6.99. The van der Waals surface area contributed by atoms with Gasteiger partial charge in [0.2, 0.25) is 0 Å². The van der Waals surface area contributed by atoms with Crippen LogP contribution in [0.15, 0.2) is 78.9 Å². The molecule has 3 aromatic rings. The van der Waals surface area contributed by atoms with E-state index >= 15 is 0 Å². The second-order valence-corrected chi connectivity index (χ2v) is 8.55. The molecule has 0 spiro atoms. The Kier molecular flexibility index (Phi) is 7.71. The number of hydrogen-bond acceptors (Lipinski definition) is 3. The van der Waals surface area contributed by atoms with E-state index in [2.05, 4.69) is 50.4 Å². The van der Waals surface area contributed by atoms with Crippen LogP contribution in [0.5, 0.6) is 11.5 Å². The van der Waals surface area contributed by atoms with Gasteiger partial charge in [0, 0.05) is 5.69 Å². The van der Waals surface area contributed by atoms with Crippen LogP contribution in [-0.4, -0.2) is 19.1 Å². The zero-order valence-electron chi connectivity index (χ0n) is 18.6. The summed E-state index contributed by atoms with van der Waals surface area (Å²) in [4.78, 5) is 12.3. The Bertz CT molecular complexity index is 960. The van der Waals surface area contributed by atoms with Crippen LogP contribution in [0.1, 0.15) is 38.3 Å². The molecule has 31 heavy (non-hydrogen) atoms. The maximum Gasteiger partial charge on any atom is 0.262 e. The number of carbonyl (C=O) groups is 1. The number of hydrogen-bond donors (Lipinski definition) is 1. The molecule has 0 saturated heterocycles. The van der Waals surface area contributed by atoms with Crippen molar-refractivity contribution in [2.75, 3.05) is 18.5 Å². The quantitative estimate of drug-likeness (QED) is 0.434. The standard InChI is InChI=1S/C27H31NO3/c1-27(2,3)24-13-7-8-14-25(24)31-20-26(29)28-22-15-17-23(18-16-22)30-19-9-12-21-10-5-4-6-11-21/h4-8,10-11,13-18H,9,12,19-20H2,1-3H3,(H,28,29). The first-order chi connectivity index (χ1) is 14.9. The third-order valence-corrected chi connectivity index (χ3v) is 4.91. The van der Waals surface area contributed by atoms with E-state index in [1.807, 2.05) is 54.6 Å². The van der Waals surface area contributed by atoms with E-state index in [9.17, 15) is 4.79 Å². The highest BCUT2D eigenvalue weighted by molar-refractivity contribution is 5.91. The van der Waals surface area contributed by atoms with Crippen LogP contribution < -0.4 is 14.8 Å². The second kappa shape index (κ2) is 10.7. The molecule has 1 N–H and O–H groups in total. The number of aryl methyl sites for hydroxylation is 1. The maximum absolute atomic E-state index is 12.3. The monoisotopic (exact) mass is 417 g/mol. The van der Waals surface area contributed by atoms with Gasteiger partial charge in [0.05, 0.1) is 6.61 Å². The fourth-order valence-corrected chi connectivity index (χ4v) is 3.30. The third-order valence-electron chi connectivity index (χ3n) is 4.91.